The zero-order chi connectivity index (χ0) is 27.4. The normalized spacial score (nSPS) is 14.5. The SMILES string of the molecule is COCCOc1ccc(-c2cnc3cccc(-c4ccc(C(O)(O)N5CCSCC5)c(C)c4)c3n2)cc1OC. The van der Waals surface area contributed by atoms with Crippen LogP contribution in [0.4, 0.5) is 0 Å². The second-order valence-corrected chi connectivity index (χ2v) is 10.6. The molecular formula is C30H33N3O5S. The summed E-state index contributed by atoms with van der Waals surface area (Å²) in [7, 11) is 3.24. The van der Waals surface area contributed by atoms with Crippen molar-refractivity contribution in [3.63, 3.8) is 0 Å². The summed E-state index contributed by atoms with van der Waals surface area (Å²) in [5, 5.41) is 22.1. The average molecular weight is 548 g/mol. The number of benzene rings is 3. The smallest absolute Gasteiger partial charge is 0.253 e. The molecule has 0 amide bonds. The van der Waals surface area contributed by atoms with Crippen LogP contribution >= 0.6 is 11.8 Å². The van der Waals surface area contributed by atoms with E-state index < -0.39 is 5.91 Å². The van der Waals surface area contributed by atoms with Crippen LogP contribution in [0.5, 0.6) is 11.5 Å². The van der Waals surface area contributed by atoms with Crippen LogP contribution in [-0.4, -0.2) is 77.1 Å². The zero-order valence-electron chi connectivity index (χ0n) is 22.4. The van der Waals surface area contributed by atoms with Crippen LogP contribution in [0.3, 0.4) is 0 Å². The highest BCUT2D eigenvalue weighted by Crippen LogP contribution is 2.35. The monoisotopic (exact) mass is 547 g/mol. The van der Waals surface area contributed by atoms with Gasteiger partial charge < -0.3 is 24.4 Å². The molecule has 1 saturated heterocycles. The van der Waals surface area contributed by atoms with Gasteiger partial charge in [0.15, 0.2) is 11.5 Å². The molecule has 204 valence electrons. The van der Waals surface area contributed by atoms with Crippen molar-refractivity contribution in [3.05, 3.63) is 71.9 Å². The van der Waals surface area contributed by atoms with E-state index in [1.165, 1.54) is 0 Å². The van der Waals surface area contributed by atoms with E-state index in [-0.39, 0.29) is 0 Å². The first-order chi connectivity index (χ1) is 18.9. The van der Waals surface area contributed by atoms with Gasteiger partial charge in [0.2, 0.25) is 0 Å². The number of thioether (sulfide) groups is 1. The number of hydrogen-bond donors (Lipinski definition) is 2. The summed E-state index contributed by atoms with van der Waals surface area (Å²) in [6, 6.07) is 17.3. The molecule has 1 fully saturated rings. The maximum atomic E-state index is 11.0. The first kappa shape index (κ1) is 27.4. The minimum atomic E-state index is -2.01. The minimum Gasteiger partial charge on any atom is -0.493 e. The van der Waals surface area contributed by atoms with E-state index in [9.17, 15) is 10.2 Å². The lowest BCUT2D eigenvalue weighted by atomic mass is 9.96. The number of aromatic nitrogens is 2. The number of para-hydroxylation sites is 1. The second kappa shape index (κ2) is 11.9. The molecule has 0 bridgehead atoms. The van der Waals surface area contributed by atoms with Crippen molar-refractivity contribution in [1.82, 2.24) is 14.9 Å². The average Bonchev–Trinajstić information content (AvgIpc) is 2.97. The molecule has 1 aromatic heterocycles. The van der Waals surface area contributed by atoms with Crippen molar-refractivity contribution < 1.29 is 24.4 Å². The lowest BCUT2D eigenvalue weighted by Crippen LogP contribution is -2.50. The third-order valence-corrected chi connectivity index (χ3v) is 7.87. The molecule has 0 spiro atoms. The summed E-state index contributed by atoms with van der Waals surface area (Å²) in [5.41, 5.74) is 6.22. The Labute approximate surface area is 232 Å². The van der Waals surface area contributed by atoms with Crippen LogP contribution < -0.4 is 9.47 Å². The van der Waals surface area contributed by atoms with Gasteiger partial charge in [-0.25, -0.2) is 9.88 Å². The number of nitrogens with zero attached hydrogens (tertiary/aromatic N) is 3. The summed E-state index contributed by atoms with van der Waals surface area (Å²) in [6.07, 6.45) is 1.75. The van der Waals surface area contributed by atoms with Gasteiger partial charge in [-0.15, -0.1) is 0 Å². The van der Waals surface area contributed by atoms with Crippen LogP contribution in [0.25, 0.3) is 33.4 Å². The van der Waals surface area contributed by atoms with Crippen molar-refractivity contribution in [2.45, 2.75) is 12.8 Å². The fraction of sp³-hybridized carbons (Fsp3) is 0.333. The number of ether oxygens (including phenoxy) is 3. The molecule has 4 aromatic rings. The van der Waals surface area contributed by atoms with E-state index >= 15 is 0 Å². The Kier molecular flexibility index (Phi) is 8.34. The predicted octanol–water partition coefficient (Wildman–Crippen LogP) is 4.45. The first-order valence-electron chi connectivity index (χ1n) is 12.9. The third-order valence-electron chi connectivity index (χ3n) is 6.93. The van der Waals surface area contributed by atoms with Crippen LogP contribution in [0.2, 0.25) is 0 Å². The molecule has 2 N–H and O–H groups in total. The van der Waals surface area contributed by atoms with E-state index in [4.69, 9.17) is 19.2 Å². The van der Waals surface area contributed by atoms with E-state index in [0.29, 0.717) is 49.1 Å². The van der Waals surface area contributed by atoms with Crippen molar-refractivity contribution in [3.8, 4) is 33.9 Å². The molecule has 8 nitrogen and oxygen atoms in total. The third kappa shape index (κ3) is 5.73. The molecule has 39 heavy (non-hydrogen) atoms. The number of aliphatic hydroxyl groups is 2. The molecule has 3 aromatic carbocycles. The Morgan fingerprint density at radius 1 is 0.949 bits per heavy atom. The number of hydrogen-bond acceptors (Lipinski definition) is 9. The standard InChI is InChI=1S/C30H33N3O5S/c1-20-17-21(7-9-24(20)30(34,35)33-11-15-39-16-12-33)23-5-4-6-25-29(23)32-26(19-31-25)22-8-10-27(28(18-22)37-3)38-14-13-36-2/h4-10,17-19,34-35H,11-16H2,1-3H3. The Morgan fingerprint density at radius 2 is 1.74 bits per heavy atom. The van der Waals surface area contributed by atoms with Crippen molar-refractivity contribution in [2.75, 3.05) is 52.0 Å². The maximum Gasteiger partial charge on any atom is 0.253 e. The highest BCUT2D eigenvalue weighted by Gasteiger charge is 2.36. The molecule has 0 unspecified atom stereocenters. The zero-order valence-corrected chi connectivity index (χ0v) is 23.2. The topological polar surface area (TPSA) is 97.2 Å². The van der Waals surface area contributed by atoms with Gasteiger partial charge in [-0.2, -0.15) is 11.8 Å². The fourth-order valence-corrected chi connectivity index (χ4v) is 5.74. The molecule has 0 aliphatic carbocycles. The van der Waals surface area contributed by atoms with Crippen LogP contribution in [0, 0.1) is 6.92 Å². The second-order valence-electron chi connectivity index (χ2n) is 9.40. The van der Waals surface area contributed by atoms with Gasteiger partial charge in [0.25, 0.3) is 5.91 Å². The Hall–Kier alpha value is -3.21. The molecule has 0 radical (unpaired) electrons. The number of rotatable bonds is 9. The number of fused-ring (bicyclic) bond motifs is 1. The summed E-state index contributed by atoms with van der Waals surface area (Å²) in [4.78, 5) is 11.4. The quantitative estimate of drug-likeness (QED) is 0.233. The summed E-state index contributed by atoms with van der Waals surface area (Å²) in [6.45, 7) is 4.08. The number of aryl methyl sites for hydroxylation is 1. The fourth-order valence-electron chi connectivity index (χ4n) is 4.84. The molecule has 1 aliphatic rings. The molecule has 1 aliphatic heterocycles. The Balaban J connectivity index is 1.49. The molecule has 0 atom stereocenters. The molecular weight excluding hydrogens is 514 g/mol. The van der Waals surface area contributed by atoms with Crippen LogP contribution in [-0.2, 0) is 10.6 Å². The summed E-state index contributed by atoms with van der Waals surface area (Å²) in [5.74, 6) is 0.997. The minimum absolute atomic E-state index is 0.425. The van der Waals surface area contributed by atoms with Gasteiger partial charge in [-0.3, -0.25) is 4.98 Å². The summed E-state index contributed by atoms with van der Waals surface area (Å²) >= 11 is 1.83. The van der Waals surface area contributed by atoms with Gasteiger partial charge >= 0.3 is 0 Å². The number of methoxy groups -OCH3 is 2. The lowest BCUT2D eigenvalue weighted by molar-refractivity contribution is -0.273. The molecule has 9 heteroatoms. The van der Waals surface area contributed by atoms with Crippen molar-refractivity contribution in [2.24, 2.45) is 0 Å². The van der Waals surface area contributed by atoms with Gasteiger partial charge in [0.05, 0.1) is 36.6 Å². The molecule has 5 rings (SSSR count). The van der Waals surface area contributed by atoms with Gasteiger partial charge in [0, 0.05) is 48.4 Å². The lowest BCUT2D eigenvalue weighted by Gasteiger charge is -2.38. The van der Waals surface area contributed by atoms with E-state index in [2.05, 4.69) is 4.98 Å². The van der Waals surface area contributed by atoms with Gasteiger partial charge in [-0.05, 0) is 42.3 Å². The van der Waals surface area contributed by atoms with Crippen molar-refractivity contribution >= 4 is 22.8 Å². The van der Waals surface area contributed by atoms with E-state index in [1.54, 1.807) is 31.4 Å². The first-order valence-corrected chi connectivity index (χ1v) is 14.0. The van der Waals surface area contributed by atoms with Crippen LogP contribution in [0.1, 0.15) is 11.1 Å². The summed E-state index contributed by atoms with van der Waals surface area (Å²) < 4.78 is 16.4. The van der Waals surface area contributed by atoms with Gasteiger partial charge in [-0.1, -0.05) is 30.3 Å². The Bertz CT molecular complexity index is 1460. The predicted molar refractivity (Wildman–Crippen MR) is 154 cm³/mol. The highest BCUT2D eigenvalue weighted by molar-refractivity contribution is 7.99. The van der Waals surface area contributed by atoms with E-state index in [0.717, 1.165) is 44.8 Å². The largest absolute Gasteiger partial charge is 0.493 e. The Morgan fingerprint density at radius 3 is 2.49 bits per heavy atom. The maximum absolute atomic E-state index is 11.0. The van der Waals surface area contributed by atoms with Crippen molar-refractivity contribution in [1.29, 1.82) is 0 Å². The highest BCUT2D eigenvalue weighted by atomic mass is 32.2. The van der Waals surface area contributed by atoms with Gasteiger partial charge in [0.1, 0.15) is 6.61 Å². The van der Waals surface area contributed by atoms with Crippen LogP contribution in [0.15, 0.2) is 60.8 Å². The van der Waals surface area contributed by atoms with E-state index in [1.807, 2.05) is 67.2 Å². The molecule has 2 heterocycles. The molecule has 0 saturated carbocycles.